The number of pyridine rings is 1. The van der Waals surface area contributed by atoms with Gasteiger partial charge in [-0.3, -0.25) is 4.98 Å². The Morgan fingerprint density at radius 1 is 1.22 bits per heavy atom. The van der Waals surface area contributed by atoms with Crippen LogP contribution < -0.4 is 10.2 Å². The van der Waals surface area contributed by atoms with Crippen LogP contribution in [0.3, 0.4) is 0 Å². The van der Waals surface area contributed by atoms with E-state index in [0.717, 1.165) is 23.5 Å². The number of nitrogens with one attached hydrogen (secondary N) is 1. The van der Waals surface area contributed by atoms with Gasteiger partial charge >= 0.3 is 0 Å². The molecule has 0 radical (unpaired) electrons. The van der Waals surface area contributed by atoms with E-state index in [1.165, 1.54) is 12.1 Å². The summed E-state index contributed by atoms with van der Waals surface area (Å²) in [4.78, 5) is 6.15. The van der Waals surface area contributed by atoms with Gasteiger partial charge < -0.3 is 10.2 Å². The minimum atomic E-state index is -0.225. The van der Waals surface area contributed by atoms with Crippen molar-refractivity contribution in [1.82, 2.24) is 10.3 Å². The van der Waals surface area contributed by atoms with E-state index in [2.05, 4.69) is 10.3 Å². The van der Waals surface area contributed by atoms with Gasteiger partial charge in [-0.05, 0) is 37.4 Å². The second-order valence-electron chi connectivity index (χ2n) is 4.07. The fourth-order valence-electron chi connectivity index (χ4n) is 1.88. The van der Waals surface area contributed by atoms with Crippen LogP contribution in [0.25, 0.3) is 0 Å². The number of halogens is 1. The van der Waals surface area contributed by atoms with Gasteiger partial charge in [0.1, 0.15) is 5.82 Å². The highest BCUT2D eigenvalue weighted by molar-refractivity contribution is 5.65. The number of aromatic nitrogens is 1. The molecule has 2 rings (SSSR count). The third kappa shape index (κ3) is 2.65. The summed E-state index contributed by atoms with van der Waals surface area (Å²) in [5.74, 6) is -0.225. The zero-order valence-electron chi connectivity index (χ0n) is 10.5. The van der Waals surface area contributed by atoms with Crippen molar-refractivity contribution in [2.45, 2.75) is 6.54 Å². The quantitative estimate of drug-likeness (QED) is 0.897. The molecule has 0 bridgehead atoms. The van der Waals surface area contributed by atoms with Crippen LogP contribution in [0, 0.1) is 5.82 Å². The minimum absolute atomic E-state index is 0.225. The molecule has 0 unspecified atom stereocenters. The molecule has 0 fully saturated rings. The van der Waals surface area contributed by atoms with Crippen LogP contribution in [0.1, 0.15) is 5.56 Å². The van der Waals surface area contributed by atoms with Crippen molar-refractivity contribution in [2.75, 3.05) is 19.0 Å². The van der Waals surface area contributed by atoms with Gasteiger partial charge in [-0.15, -0.1) is 0 Å². The van der Waals surface area contributed by atoms with Crippen LogP contribution >= 0.6 is 0 Å². The summed E-state index contributed by atoms with van der Waals surface area (Å²) >= 11 is 0. The summed E-state index contributed by atoms with van der Waals surface area (Å²) in [5.41, 5.74) is 3.11. The lowest BCUT2D eigenvalue weighted by molar-refractivity contribution is 0.628. The van der Waals surface area contributed by atoms with Gasteiger partial charge in [-0.1, -0.05) is 0 Å². The third-order valence-corrected chi connectivity index (χ3v) is 2.82. The molecule has 0 aliphatic rings. The molecule has 0 saturated heterocycles. The molecule has 1 heterocycles. The number of nitrogens with zero attached hydrogens (tertiary/aromatic N) is 2. The van der Waals surface area contributed by atoms with Crippen molar-refractivity contribution in [1.29, 1.82) is 0 Å². The zero-order chi connectivity index (χ0) is 13.0. The first kappa shape index (κ1) is 12.5. The van der Waals surface area contributed by atoms with Gasteiger partial charge in [0.2, 0.25) is 0 Å². The summed E-state index contributed by atoms with van der Waals surface area (Å²) in [5, 5.41) is 3.11. The predicted molar refractivity (Wildman–Crippen MR) is 71.5 cm³/mol. The zero-order valence-corrected chi connectivity index (χ0v) is 10.5. The predicted octanol–water partition coefficient (Wildman–Crippen LogP) is 2.71. The van der Waals surface area contributed by atoms with Gasteiger partial charge in [0.05, 0.1) is 0 Å². The van der Waals surface area contributed by atoms with Crippen LogP contribution in [0.2, 0.25) is 0 Å². The van der Waals surface area contributed by atoms with E-state index in [0.29, 0.717) is 0 Å². The van der Waals surface area contributed by atoms with Gasteiger partial charge in [0.15, 0.2) is 0 Å². The molecule has 3 nitrogen and oxygen atoms in total. The Morgan fingerprint density at radius 3 is 2.61 bits per heavy atom. The summed E-state index contributed by atoms with van der Waals surface area (Å²) in [6, 6.07) is 8.41. The monoisotopic (exact) mass is 245 g/mol. The van der Waals surface area contributed by atoms with E-state index in [4.69, 9.17) is 0 Å². The maximum atomic E-state index is 12.9. The Balaban J connectivity index is 2.33. The average Bonchev–Trinajstić information content (AvgIpc) is 2.40. The van der Waals surface area contributed by atoms with Crippen molar-refractivity contribution in [3.05, 3.63) is 54.1 Å². The van der Waals surface area contributed by atoms with E-state index in [-0.39, 0.29) is 5.82 Å². The molecule has 2 aromatic rings. The Hall–Kier alpha value is -1.94. The molecule has 0 amide bonds. The first-order valence-electron chi connectivity index (χ1n) is 5.79. The summed E-state index contributed by atoms with van der Waals surface area (Å²) < 4.78 is 12.9. The normalized spacial score (nSPS) is 10.4. The first-order valence-corrected chi connectivity index (χ1v) is 5.79. The van der Waals surface area contributed by atoms with E-state index < -0.39 is 0 Å². The highest BCUT2D eigenvalue weighted by atomic mass is 19.1. The lowest BCUT2D eigenvalue weighted by atomic mass is 10.2. The molecule has 0 aliphatic heterocycles. The maximum absolute atomic E-state index is 12.9. The molecule has 0 saturated carbocycles. The van der Waals surface area contributed by atoms with E-state index in [1.807, 2.05) is 31.3 Å². The Labute approximate surface area is 106 Å². The molecular formula is C14H16FN3. The van der Waals surface area contributed by atoms with Crippen molar-refractivity contribution in [2.24, 2.45) is 0 Å². The second-order valence-corrected chi connectivity index (χ2v) is 4.07. The second kappa shape index (κ2) is 5.60. The lowest BCUT2D eigenvalue weighted by Crippen LogP contribution is -2.15. The number of anilines is 2. The molecule has 1 aromatic heterocycles. The molecule has 4 heteroatoms. The van der Waals surface area contributed by atoms with Crippen LogP contribution in [0.4, 0.5) is 15.8 Å². The topological polar surface area (TPSA) is 28.2 Å². The lowest BCUT2D eigenvalue weighted by Gasteiger charge is -2.22. The molecule has 0 aliphatic carbocycles. The Kier molecular flexibility index (Phi) is 3.89. The Bertz CT molecular complexity index is 511. The summed E-state index contributed by atoms with van der Waals surface area (Å²) in [6.07, 6.45) is 3.60. The van der Waals surface area contributed by atoms with Gasteiger partial charge in [-0.25, -0.2) is 4.39 Å². The van der Waals surface area contributed by atoms with Gasteiger partial charge in [0.25, 0.3) is 0 Å². The van der Waals surface area contributed by atoms with Gasteiger partial charge in [0, 0.05) is 42.9 Å². The number of rotatable bonds is 4. The van der Waals surface area contributed by atoms with Gasteiger partial charge in [-0.2, -0.15) is 0 Å². The summed E-state index contributed by atoms with van der Waals surface area (Å²) in [7, 11) is 3.86. The molecule has 0 atom stereocenters. The highest BCUT2D eigenvalue weighted by Crippen LogP contribution is 2.26. The third-order valence-electron chi connectivity index (χ3n) is 2.82. The minimum Gasteiger partial charge on any atom is -0.344 e. The molecular weight excluding hydrogens is 229 g/mol. The molecule has 0 spiro atoms. The first-order chi connectivity index (χ1) is 8.72. The van der Waals surface area contributed by atoms with Crippen molar-refractivity contribution in [3.63, 3.8) is 0 Å². The van der Waals surface area contributed by atoms with Crippen LogP contribution in [0.5, 0.6) is 0 Å². The molecule has 18 heavy (non-hydrogen) atoms. The molecule has 94 valence electrons. The highest BCUT2D eigenvalue weighted by Gasteiger charge is 2.08. The number of hydrogen-bond donors (Lipinski definition) is 1. The average molecular weight is 245 g/mol. The Morgan fingerprint density at radius 2 is 1.94 bits per heavy atom. The van der Waals surface area contributed by atoms with E-state index >= 15 is 0 Å². The van der Waals surface area contributed by atoms with Crippen molar-refractivity contribution < 1.29 is 4.39 Å². The fraction of sp³-hybridized carbons (Fsp3) is 0.214. The van der Waals surface area contributed by atoms with E-state index in [1.54, 1.807) is 18.3 Å². The van der Waals surface area contributed by atoms with Crippen molar-refractivity contribution >= 4 is 11.4 Å². The number of hydrogen-bond acceptors (Lipinski definition) is 3. The van der Waals surface area contributed by atoms with Crippen LogP contribution in [-0.2, 0) is 6.54 Å². The maximum Gasteiger partial charge on any atom is 0.123 e. The molecule has 1 N–H and O–H groups in total. The van der Waals surface area contributed by atoms with Crippen LogP contribution in [0.15, 0.2) is 42.7 Å². The smallest absolute Gasteiger partial charge is 0.123 e. The summed E-state index contributed by atoms with van der Waals surface area (Å²) in [6.45, 7) is 0.745. The largest absolute Gasteiger partial charge is 0.344 e. The number of benzene rings is 1. The fourth-order valence-corrected chi connectivity index (χ4v) is 1.88. The van der Waals surface area contributed by atoms with Crippen LogP contribution in [-0.4, -0.2) is 19.1 Å². The van der Waals surface area contributed by atoms with Crippen molar-refractivity contribution in [3.8, 4) is 0 Å². The standard InChI is InChI=1S/C14H16FN3/c1-16-9-11-10-17-8-7-14(11)18(2)13-5-3-12(15)4-6-13/h3-8,10,16H,9H2,1-2H3. The SMILES string of the molecule is CNCc1cnccc1N(C)c1ccc(F)cc1. The van der Waals surface area contributed by atoms with E-state index in [9.17, 15) is 4.39 Å². The molecule has 1 aromatic carbocycles.